The van der Waals surface area contributed by atoms with Gasteiger partial charge in [0, 0.05) is 36.9 Å². The first-order chi connectivity index (χ1) is 12.6. The van der Waals surface area contributed by atoms with Crippen LogP contribution in [0.15, 0.2) is 66.9 Å². The van der Waals surface area contributed by atoms with Crippen LogP contribution in [0.25, 0.3) is 11.3 Å². The number of rotatable bonds is 5. The Balaban J connectivity index is 0.000000570. The van der Waals surface area contributed by atoms with Crippen LogP contribution in [0.3, 0.4) is 0 Å². The van der Waals surface area contributed by atoms with Gasteiger partial charge in [-0.3, -0.25) is 4.98 Å². The second-order valence-electron chi connectivity index (χ2n) is 4.65. The Morgan fingerprint density at radius 1 is 1.11 bits per heavy atom. The van der Waals surface area contributed by atoms with Gasteiger partial charge in [-0.1, -0.05) is 25.6 Å². The van der Waals surface area contributed by atoms with Crippen molar-refractivity contribution in [1.82, 2.24) is 9.97 Å². The van der Waals surface area contributed by atoms with Crippen LogP contribution in [0, 0.1) is 6.07 Å². The molecule has 0 fully saturated rings. The number of benzene rings is 1. The molecule has 0 saturated carbocycles. The van der Waals surface area contributed by atoms with Crippen molar-refractivity contribution in [3.05, 3.63) is 78.6 Å². The molecule has 0 spiro atoms. The number of aromatic carboxylic acids is 1. The van der Waals surface area contributed by atoms with Crippen LogP contribution in [0.1, 0.15) is 17.9 Å². The van der Waals surface area contributed by atoms with Crippen molar-refractivity contribution in [3.8, 4) is 17.1 Å². The molecule has 28 heavy (non-hydrogen) atoms. The molecule has 0 bridgehead atoms. The second kappa shape index (κ2) is 13.6. The van der Waals surface area contributed by atoms with Gasteiger partial charge in [-0.25, -0.2) is 14.3 Å². The number of aromatic nitrogens is 2. The molecule has 2 aromatic heterocycles. The van der Waals surface area contributed by atoms with E-state index in [2.05, 4.69) is 20.6 Å². The van der Waals surface area contributed by atoms with Gasteiger partial charge in [-0.2, -0.15) is 0 Å². The van der Waals surface area contributed by atoms with Gasteiger partial charge in [0.25, 0.3) is 5.88 Å². The number of hydrogen-bond donors (Lipinski definition) is 1. The minimum atomic E-state index is -2.16. The molecule has 149 valence electrons. The van der Waals surface area contributed by atoms with Gasteiger partial charge in [-0.05, 0) is 17.8 Å². The molecule has 0 saturated heterocycles. The van der Waals surface area contributed by atoms with E-state index in [1.807, 2.05) is 24.3 Å². The molecule has 9 heteroatoms. The van der Waals surface area contributed by atoms with Crippen LogP contribution in [-0.4, -0.2) is 28.2 Å². The molecule has 0 aliphatic carbocycles. The van der Waals surface area contributed by atoms with E-state index < -0.39 is 14.2 Å². The number of nitrogens with zero attached hydrogens (tertiary/aromatic N) is 2. The fourth-order valence-electron chi connectivity index (χ4n) is 1.77. The normalized spacial score (nSPS) is 9.54. The number of carboxylic acid groups (broad SMARTS) is 1. The van der Waals surface area contributed by atoms with Crippen LogP contribution in [-0.2, 0) is 29.2 Å². The van der Waals surface area contributed by atoms with Crippen molar-refractivity contribution in [2.45, 2.75) is 7.43 Å². The summed E-state index contributed by atoms with van der Waals surface area (Å²) in [6.07, 6.45) is 1.45. The summed E-state index contributed by atoms with van der Waals surface area (Å²) in [7, 11) is -0.846. The molecule has 1 atom stereocenters. The maximum absolute atomic E-state index is 11.1. The zero-order valence-corrected chi connectivity index (χ0v) is 17.4. The predicted molar refractivity (Wildman–Crippen MR) is 102 cm³/mol. The maximum Gasteiger partial charge on any atom is 0.751 e. The van der Waals surface area contributed by atoms with E-state index in [1.54, 1.807) is 30.3 Å². The van der Waals surface area contributed by atoms with Crippen LogP contribution < -0.4 is 4.52 Å². The molecule has 3 aromatic rings. The Morgan fingerprint density at radius 2 is 1.86 bits per heavy atom. The Hall–Kier alpha value is -2.50. The molecule has 7 nitrogen and oxygen atoms in total. The van der Waals surface area contributed by atoms with E-state index in [1.165, 1.54) is 19.4 Å². The van der Waals surface area contributed by atoms with E-state index in [0.29, 0.717) is 5.69 Å². The zero-order valence-electron chi connectivity index (χ0n) is 14.1. The summed E-state index contributed by atoms with van der Waals surface area (Å²) < 4.78 is 20.6. The second-order valence-corrected chi connectivity index (χ2v) is 5.65. The van der Waals surface area contributed by atoms with Gasteiger partial charge in [0.1, 0.15) is 5.69 Å². The van der Waals surface area contributed by atoms with Gasteiger partial charge in [0.2, 0.25) is 0 Å². The number of carboxylic acids is 1. The molecule has 2 heterocycles. The third kappa shape index (κ3) is 8.46. The molecule has 0 aliphatic rings. The SMILES string of the molecule is C.CO[P+](=O)Oc1cccc(-c2[c-]cccc2)n1.O=C(O)c1ccccn1.[Ir]. The van der Waals surface area contributed by atoms with Crippen LogP contribution >= 0.6 is 8.25 Å². The molecule has 1 radical (unpaired) electrons. The maximum atomic E-state index is 11.1. The van der Waals surface area contributed by atoms with Crippen LogP contribution in [0.4, 0.5) is 0 Å². The van der Waals surface area contributed by atoms with E-state index in [4.69, 9.17) is 9.63 Å². The van der Waals surface area contributed by atoms with Crippen LogP contribution in [0.5, 0.6) is 5.88 Å². The first-order valence-electron chi connectivity index (χ1n) is 7.38. The van der Waals surface area contributed by atoms with Crippen molar-refractivity contribution >= 4 is 14.2 Å². The van der Waals surface area contributed by atoms with E-state index in [0.717, 1.165) is 5.56 Å². The number of hydrogen-bond acceptors (Lipinski definition) is 6. The third-order valence-corrected chi connectivity index (χ3v) is 3.54. The average molecular weight is 579 g/mol. The molecular weight excluding hydrogens is 559 g/mol. The summed E-state index contributed by atoms with van der Waals surface area (Å²) >= 11 is 0. The molecule has 0 amide bonds. The number of pyridine rings is 2. The standard InChI is InChI=1S/C12H10NO3P.C6H5NO2.CH4.Ir/c1-15-17(14)16-12-9-5-8-11(13-12)10-6-3-2-4-7-10;8-6(9)5-3-1-2-4-7-5;;/h2-6,8-9H,1H3;1-4H,(H,8,9);1H4;. The molecule has 1 aromatic carbocycles. The topological polar surface area (TPSA) is 98.6 Å². The van der Waals surface area contributed by atoms with Crippen LogP contribution in [0.2, 0.25) is 0 Å². The minimum absolute atomic E-state index is 0. The molecule has 0 aliphatic heterocycles. The summed E-state index contributed by atoms with van der Waals surface area (Å²) in [5, 5.41) is 8.32. The van der Waals surface area contributed by atoms with Crippen molar-refractivity contribution in [2.24, 2.45) is 0 Å². The fraction of sp³-hybridized carbons (Fsp3) is 0.105. The summed E-state index contributed by atoms with van der Waals surface area (Å²) in [6, 6.07) is 20.5. The van der Waals surface area contributed by atoms with E-state index in [9.17, 15) is 9.36 Å². The smallest absolute Gasteiger partial charge is 0.477 e. The summed E-state index contributed by atoms with van der Waals surface area (Å²) in [5.41, 5.74) is 1.64. The minimum Gasteiger partial charge on any atom is -0.477 e. The third-order valence-electron chi connectivity index (χ3n) is 2.91. The monoisotopic (exact) mass is 579 g/mol. The van der Waals surface area contributed by atoms with E-state index in [-0.39, 0.29) is 39.1 Å². The van der Waals surface area contributed by atoms with Crippen molar-refractivity contribution in [1.29, 1.82) is 0 Å². The largest absolute Gasteiger partial charge is 0.751 e. The fourth-order valence-corrected chi connectivity index (χ4v) is 2.10. The quantitative estimate of drug-likeness (QED) is 0.348. The summed E-state index contributed by atoms with van der Waals surface area (Å²) in [4.78, 5) is 17.9. The Morgan fingerprint density at radius 3 is 2.39 bits per heavy atom. The predicted octanol–water partition coefficient (Wildman–Crippen LogP) is 4.64. The Labute approximate surface area is 178 Å². The number of carbonyl (C=O) groups is 1. The van der Waals surface area contributed by atoms with Gasteiger partial charge >= 0.3 is 14.2 Å². The summed E-state index contributed by atoms with van der Waals surface area (Å²) in [5.74, 6) is -0.724. The molecule has 1 unspecified atom stereocenters. The molecule has 1 N–H and O–H groups in total. The first-order valence-corrected chi connectivity index (χ1v) is 8.47. The zero-order chi connectivity index (χ0) is 18.8. The van der Waals surface area contributed by atoms with Gasteiger partial charge < -0.3 is 5.11 Å². The first kappa shape index (κ1) is 25.5. The molecular formula is C19H19IrN2O5P. The molecule has 3 rings (SSSR count). The Kier molecular flexibility index (Phi) is 12.4. The van der Waals surface area contributed by atoms with Gasteiger partial charge in [-0.15, -0.1) is 40.4 Å². The average Bonchev–Trinajstić information content (AvgIpc) is 2.70. The van der Waals surface area contributed by atoms with Gasteiger partial charge in [0.05, 0.1) is 7.11 Å². The van der Waals surface area contributed by atoms with Gasteiger partial charge in [0.15, 0.2) is 0 Å². The van der Waals surface area contributed by atoms with Crippen molar-refractivity contribution < 1.29 is 43.6 Å². The Bertz CT molecular complexity index is 866. The van der Waals surface area contributed by atoms with Crippen molar-refractivity contribution in [2.75, 3.05) is 7.11 Å². The van der Waals surface area contributed by atoms with E-state index >= 15 is 0 Å². The van der Waals surface area contributed by atoms with Crippen molar-refractivity contribution in [3.63, 3.8) is 0 Å². The summed E-state index contributed by atoms with van der Waals surface area (Å²) in [6.45, 7) is 0.